The van der Waals surface area contributed by atoms with E-state index in [2.05, 4.69) is 43.2 Å². The number of nitrogens with one attached hydrogen (secondary N) is 1. The van der Waals surface area contributed by atoms with E-state index in [4.69, 9.17) is 5.11 Å². The SMILES string of the molecule is CC(C)(C)c1ccc2ncc(C(=O)NCCO)cc2c1. The van der Waals surface area contributed by atoms with Crippen LogP contribution in [-0.4, -0.2) is 29.1 Å². The number of amides is 1. The lowest BCUT2D eigenvalue weighted by Gasteiger charge is -2.19. The van der Waals surface area contributed by atoms with Gasteiger partial charge in [0.05, 0.1) is 17.7 Å². The first-order valence-corrected chi connectivity index (χ1v) is 6.71. The Labute approximate surface area is 118 Å². The summed E-state index contributed by atoms with van der Waals surface area (Å²) in [4.78, 5) is 16.2. The van der Waals surface area contributed by atoms with Gasteiger partial charge in [-0.15, -0.1) is 0 Å². The van der Waals surface area contributed by atoms with Gasteiger partial charge in [-0.25, -0.2) is 0 Å². The number of aliphatic hydroxyl groups is 1. The summed E-state index contributed by atoms with van der Waals surface area (Å²) in [5, 5.41) is 12.3. The van der Waals surface area contributed by atoms with Crippen LogP contribution in [0.4, 0.5) is 0 Å². The van der Waals surface area contributed by atoms with Gasteiger partial charge in [0.2, 0.25) is 0 Å². The van der Waals surface area contributed by atoms with E-state index in [1.165, 1.54) is 5.56 Å². The fourth-order valence-electron chi connectivity index (χ4n) is 1.99. The predicted octanol–water partition coefficient (Wildman–Crippen LogP) is 2.25. The van der Waals surface area contributed by atoms with E-state index >= 15 is 0 Å². The molecule has 0 aliphatic heterocycles. The van der Waals surface area contributed by atoms with Crippen LogP contribution in [-0.2, 0) is 5.41 Å². The molecule has 1 aromatic carbocycles. The van der Waals surface area contributed by atoms with Crippen LogP contribution in [0.5, 0.6) is 0 Å². The van der Waals surface area contributed by atoms with Crippen LogP contribution in [0.15, 0.2) is 30.5 Å². The van der Waals surface area contributed by atoms with Gasteiger partial charge in [-0.1, -0.05) is 26.8 Å². The molecule has 0 saturated carbocycles. The second-order valence-corrected chi connectivity index (χ2v) is 5.86. The molecule has 0 radical (unpaired) electrons. The van der Waals surface area contributed by atoms with Crippen molar-refractivity contribution in [3.05, 3.63) is 41.6 Å². The van der Waals surface area contributed by atoms with Crippen LogP contribution in [0.2, 0.25) is 0 Å². The van der Waals surface area contributed by atoms with Crippen molar-refractivity contribution >= 4 is 16.8 Å². The van der Waals surface area contributed by atoms with Gasteiger partial charge in [0.25, 0.3) is 5.91 Å². The van der Waals surface area contributed by atoms with Crippen LogP contribution >= 0.6 is 0 Å². The summed E-state index contributed by atoms with van der Waals surface area (Å²) in [6.45, 7) is 6.64. The molecule has 0 aliphatic carbocycles. The minimum absolute atomic E-state index is 0.0589. The van der Waals surface area contributed by atoms with Crippen molar-refractivity contribution < 1.29 is 9.90 Å². The standard InChI is InChI=1S/C16H20N2O2/c1-16(2,3)13-4-5-14-11(9-13)8-12(10-18-14)15(20)17-6-7-19/h4-5,8-10,19H,6-7H2,1-3H3,(H,17,20). The van der Waals surface area contributed by atoms with Gasteiger partial charge in [0.15, 0.2) is 0 Å². The zero-order valence-electron chi connectivity index (χ0n) is 12.1. The maximum Gasteiger partial charge on any atom is 0.252 e. The Morgan fingerprint density at radius 3 is 2.70 bits per heavy atom. The number of nitrogens with zero attached hydrogens (tertiary/aromatic N) is 1. The molecule has 0 atom stereocenters. The molecule has 1 heterocycles. The molecule has 2 rings (SSSR count). The van der Waals surface area contributed by atoms with Crippen molar-refractivity contribution in [2.24, 2.45) is 0 Å². The Kier molecular flexibility index (Phi) is 4.04. The summed E-state index contributed by atoms with van der Waals surface area (Å²) in [5.41, 5.74) is 2.65. The van der Waals surface area contributed by atoms with E-state index in [-0.39, 0.29) is 24.5 Å². The Hall–Kier alpha value is -1.94. The van der Waals surface area contributed by atoms with Gasteiger partial charge in [0.1, 0.15) is 0 Å². The molecule has 1 amide bonds. The van der Waals surface area contributed by atoms with Crippen molar-refractivity contribution in [1.29, 1.82) is 0 Å². The van der Waals surface area contributed by atoms with E-state index in [1.807, 2.05) is 12.1 Å². The number of benzene rings is 1. The third-order valence-electron chi connectivity index (χ3n) is 3.21. The third-order valence-corrected chi connectivity index (χ3v) is 3.21. The summed E-state index contributed by atoms with van der Waals surface area (Å²) >= 11 is 0. The highest BCUT2D eigenvalue weighted by Crippen LogP contribution is 2.25. The Bertz CT molecular complexity index is 630. The van der Waals surface area contributed by atoms with Crippen LogP contribution in [0.3, 0.4) is 0 Å². The number of carbonyl (C=O) groups excluding carboxylic acids is 1. The van der Waals surface area contributed by atoms with Gasteiger partial charge >= 0.3 is 0 Å². The number of carbonyl (C=O) groups is 1. The monoisotopic (exact) mass is 272 g/mol. The molecule has 2 aromatic rings. The Morgan fingerprint density at radius 1 is 1.30 bits per heavy atom. The van der Waals surface area contributed by atoms with Crippen molar-refractivity contribution in [3.63, 3.8) is 0 Å². The van der Waals surface area contributed by atoms with E-state index in [0.29, 0.717) is 5.56 Å². The average Bonchev–Trinajstić information content (AvgIpc) is 2.42. The number of rotatable bonds is 3. The van der Waals surface area contributed by atoms with Gasteiger partial charge in [-0.3, -0.25) is 9.78 Å². The normalized spacial score (nSPS) is 11.6. The van der Waals surface area contributed by atoms with Gasteiger partial charge in [-0.2, -0.15) is 0 Å². The topological polar surface area (TPSA) is 62.2 Å². The number of aliphatic hydroxyl groups excluding tert-OH is 1. The van der Waals surface area contributed by atoms with Crippen molar-refractivity contribution in [2.75, 3.05) is 13.2 Å². The Balaban J connectivity index is 2.39. The second-order valence-electron chi connectivity index (χ2n) is 5.86. The smallest absolute Gasteiger partial charge is 0.252 e. The summed E-state index contributed by atoms with van der Waals surface area (Å²) in [6.07, 6.45) is 1.56. The van der Waals surface area contributed by atoms with Crippen molar-refractivity contribution in [2.45, 2.75) is 26.2 Å². The second kappa shape index (κ2) is 5.59. The molecule has 20 heavy (non-hydrogen) atoms. The lowest BCUT2D eigenvalue weighted by molar-refractivity contribution is 0.0944. The predicted molar refractivity (Wildman–Crippen MR) is 79.9 cm³/mol. The summed E-state index contributed by atoms with van der Waals surface area (Å²) in [7, 11) is 0. The zero-order chi connectivity index (χ0) is 14.8. The van der Waals surface area contributed by atoms with Gasteiger partial charge < -0.3 is 10.4 Å². The van der Waals surface area contributed by atoms with Crippen LogP contribution in [0, 0.1) is 0 Å². The first-order chi connectivity index (χ1) is 9.41. The van der Waals surface area contributed by atoms with Crippen LogP contribution < -0.4 is 5.32 Å². The number of hydrogen-bond donors (Lipinski definition) is 2. The quantitative estimate of drug-likeness (QED) is 0.901. The third kappa shape index (κ3) is 3.14. The van der Waals surface area contributed by atoms with E-state index < -0.39 is 0 Å². The molecule has 0 bridgehead atoms. The largest absolute Gasteiger partial charge is 0.395 e. The molecule has 0 spiro atoms. The number of fused-ring (bicyclic) bond motifs is 1. The Morgan fingerprint density at radius 2 is 2.05 bits per heavy atom. The van der Waals surface area contributed by atoms with Gasteiger partial charge in [-0.05, 0) is 29.2 Å². The van der Waals surface area contributed by atoms with E-state index in [0.717, 1.165) is 10.9 Å². The fraction of sp³-hybridized carbons (Fsp3) is 0.375. The molecule has 1 aromatic heterocycles. The lowest BCUT2D eigenvalue weighted by atomic mass is 9.86. The van der Waals surface area contributed by atoms with Crippen molar-refractivity contribution in [3.8, 4) is 0 Å². The first-order valence-electron chi connectivity index (χ1n) is 6.71. The molecular formula is C16H20N2O2. The fourth-order valence-corrected chi connectivity index (χ4v) is 1.99. The number of pyridine rings is 1. The first kappa shape index (κ1) is 14.5. The van der Waals surface area contributed by atoms with Gasteiger partial charge in [0, 0.05) is 18.1 Å². The highest BCUT2D eigenvalue weighted by Gasteiger charge is 2.14. The highest BCUT2D eigenvalue weighted by atomic mass is 16.3. The molecule has 106 valence electrons. The maximum absolute atomic E-state index is 11.9. The lowest BCUT2D eigenvalue weighted by Crippen LogP contribution is -2.26. The number of hydrogen-bond acceptors (Lipinski definition) is 3. The average molecular weight is 272 g/mol. The van der Waals surface area contributed by atoms with E-state index in [9.17, 15) is 4.79 Å². The molecule has 4 heteroatoms. The summed E-state index contributed by atoms with van der Waals surface area (Å²) in [5.74, 6) is -0.213. The summed E-state index contributed by atoms with van der Waals surface area (Å²) < 4.78 is 0. The molecule has 0 unspecified atom stereocenters. The number of aromatic nitrogens is 1. The summed E-state index contributed by atoms with van der Waals surface area (Å²) in [6, 6.07) is 7.96. The molecule has 0 aliphatic rings. The van der Waals surface area contributed by atoms with E-state index in [1.54, 1.807) is 6.20 Å². The minimum Gasteiger partial charge on any atom is -0.395 e. The molecule has 4 nitrogen and oxygen atoms in total. The minimum atomic E-state index is -0.213. The molecule has 2 N–H and O–H groups in total. The molecule has 0 fully saturated rings. The van der Waals surface area contributed by atoms with Crippen LogP contribution in [0.1, 0.15) is 36.7 Å². The van der Waals surface area contributed by atoms with Crippen molar-refractivity contribution in [1.82, 2.24) is 10.3 Å². The molecule has 0 saturated heterocycles. The maximum atomic E-state index is 11.9. The van der Waals surface area contributed by atoms with Crippen LogP contribution in [0.25, 0.3) is 10.9 Å². The molecular weight excluding hydrogens is 252 g/mol. The zero-order valence-corrected chi connectivity index (χ0v) is 12.1. The highest BCUT2D eigenvalue weighted by molar-refractivity contribution is 5.97.